The van der Waals surface area contributed by atoms with E-state index in [0.29, 0.717) is 11.5 Å². The van der Waals surface area contributed by atoms with Crippen molar-refractivity contribution in [3.63, 3.8) is 0 Å². The number of fused-ring (bicyclic) bond motifs is 2. The third-order valence-corrected chi connectivity index (χ3v) is 6.32. The molecule has 5 rings (SSSR count). The Kier molecular flexibility index (Phi) is 6.67. The smallest absolute Gasteiger partial charge is 0.272 e. The van der Waals surface area contributed by atoms with E-state index in [-0.39, 0.29) is 18.6 Å². The molecular weight excluding hydrogens is 450 g/mol. The molecule has 1 aromatic heterocycles. The summed E-state index contributed by atoms with van der Waals surface area (Å²) in [5.41, 5.74) is 8.15. The summed E-state index contributed by atoms with van der Waals surface area (Å²) in [6, 6.07) is 23.8. The summed E-state index contributed by atoms with van der Waals surface area (Å²) in [7, 11) is 0. The zero-order valence-corrected chi connectivity index (χ0v) is 20.7. The molecule has 36 heavy (non-hydrogen) atoms. The second kappa shape index (κ2) is 10.2. The number of benzene rings is 3. The number of nitrogens with zero attached hydrogens (tertiary/aromatic N) is 2. The van der Waals surface area contributed by atoms with Gasteiger partial charge in [0.25, 0.3) is 5.91 Å². The highest BCUT2D eigenvalue weighted by Crippen LogP contribution is 2.33. The van der Waals surface area contributed by atoms with Crippen LogP contribution in [0.5, 0.6) is 11.5 Å². The Morgan fingerprint density at radius 3 is 2.58 bits per heavy atom. The summed E-state index contributed by atoms with van der Waals surface area (Å²) >= 11 is 0. The normalized spacial score (nSPS) is 13.4. The van der Waals surface area contributed by atoms with E-state index in [0.717, 1.165) is 45.6 Å². The fourth-order valence-electron chi connectivity index (χ4n) is 4.33. The Labute approximate surface area is 211 Å². The van der Waals surface area contributed by atoms with Crippen LogP contribution < -0.4 is 14.9 Å². The fraction of sp³-hybridized carbons (Fsp3) is 0.233. The van der Waals surface area contributed by atoms with Gasteiger partial charge >= 0.3 is 0 Å². The SMILES string of the molecule is CC(/C=N/NC(=O)c1cc(-c2ccc(C(C)C)cc2)nc2ccccc12)Cc1ccc2c(c1)OCO2. The lowest BCUT2D eigenvalue weighted by molar-refractivity contribution is 0.0956. The first kappa shape index (κ1) is 23.5. The maximum absolute atomic E-state index is 13.2. The number of amides is 1. The topological polar surface area (TPSA) is 72.8 Å². The van der Waals surface area contributed by atoms with Crippen LogP contribution in [0.2, 0.25) is 0 Å². The van der Waals surface area contributed by atoms with Crippen LogP contribution in [0.4, 0.5) is 0 Å². The number of rotatable bonds is 7. The fourth-order valence-corrected chi connectivity index (χ4v) is 4.33. The maximum atomic E-state index is 13.2. The Bertz CT molecular complexity index is 1430. The molecule has 3 aromatic carbocycles. The van der Waals surface area contributed by atoms with Gasteiger partial charge in [-0.15, -0.1) is 0 Å². The van der Waals surface area contributed by atoms with Crippen LogP contribution >= 0.6 is 0 Å². The Morgan fingerprint density at radius 2 is 1.78 bits per heavy atom. The summed E-state index contributed by atoms with van der Waals surface area (Å²) in [6.07, 6.45) is 2.53. The zero-order chi connectivity index (χ0) is 25.1. The highest BCUT2D eigenvalue weighted by molar-refractivity contribution is 6.07. The van der Waals surface area contributed by atoms with Crippen LogP contribution in [0.15, 0.2) is 77.9 Å². The molecule has 0 bridgehead atoms. The van der Waals surface area contributed by atoms with E-state index in [1.54, 1.807) is 6.21 Å². The number of pyridine rings is 1. The molecule has 182 valence electrons. The summed E-state index contributed by atoms with van der Waals surface area (Å²) in [6.45, 7) is 6.65. The van der Waals surface area contributed by atoms with Crippen molar-refractivity contribution in [3.8, 4) is 22.8 Å². The second-order valence-electron chi connectivity index (χ2n) is 9.44. The zero-order valence-electron chi connectivity index (χ0n) is 20.7. The highest BCUT2D eigenvalue weighted by Gasteiger charge is 2.15. The molecular formula is C30H29N3O3. The third-order valence-electron chi connectivity index (χ3n) is 6.32. The third kappa shape index (κ3) is 5.08. The molecule has 1 amide bonds. The molecule has 1 N–H and O–H groups in total. The van der Waals surface area contributed by atoms with Crippen molar-refractivity contribution in [2.45, 2.75) is 33.1 Å². The van der Waals surface area contributed by atoms with Crippen LogP contribution in [0.1, 0.15) is 48.2 Å². The summed E-state index contributed by atoms with van der Waals surface area (Å²) in [4.78, 5) is 18.0. The first-order chi connectivity index (χ1) is 17.5. The number of hydrogen-bond donors (Lipinski definition) is 1. The predicted molar refractivity (Wildman–Crippen MR) is 143 cm³/mol. The van der Waals surface area contributed by atoms with Crippen LogP contribution in [0.3, 0.4) is 0 Å². The number of nitrogens with one attached hydrogen (secondary N) is 1. The van der Waals surface area contributed by atoms with Gasteiger partial charge in [0, 0.05) is 17.2 Å². The molecule has 0 saturated heterocycles. The summed E-state index contributed by atoms with van der Waals surface area (Å²) in [5.74, 6) is 1.85. The molecule has 1 aliphatic rings. The molecule has 0 spiro atoms. The van der Waals surface area contributed by atoms with E-state index in [1.807, 2.05) is 48.5 Å². The number of carbonyl (C=O) groups is 1. The van der Waals surface area contributed by atoms with E-state index in [2.05, 4.69) is 55.6 Å². The lowest BCUT2D eigenvalue weighted by atomic mass is 9.99. The largest absolute Gasteiger partial charge is 0.454 e. The van der Waals surface area contributed by atoms with E-state index in [1.165, 1.54) is 5.56 Å². The van der Waals surface area contributed by atoms with E-state index in [4.69, 9.17) is 14.5 Å². The molecule has 6 nitrogen and oxygen atoms in total. The maximum Gasteiger partial charge on any atom is 0.272 e. The summed E-state index contributed by atoms with van der Waals surface area (Å²) in [5, 5.41) is 5.05. The van der Waals surface area contributed by atoms with Gasteiger partial charge in [-0.1, -0.05) is 69.3 Å². The minimum absolute atomic E-state index is 0.120. The van der Waals surface area contributed by atoms with Crippen molar-refractivity contribution >= 4 is 23.0 Å². The molecule has 6 heteroatoms. The molecule has 0 aliphatic carbocycles. The molecule has 4 aromatic rings. The molecule has 1 unspecified atom stereocenters. The van der Waals surface area contributed by atoms with Crippen molar-refractivity contribution in [2.75, 3.05) is 6.79 Å². The number of carbonyl (C=O) groups excluding carboxylic acids is 1. The van der Waals surface area contributed by atoms with Gasteiger partial charge < -0.3 is 9.47 Å². The highest BCUT2D eigenvalue weighted by atomic mass is 16.7. The van der Waals surface area contributed by atoms with Gasteiger partial charge in [-0.2, -0.15) is 5.10 Å². The Hall–Kier alpha value is -4.19. The molecule has 0 fully saturated rings. The van der Waals surface area contributed by atoms with E-state index in [9.17, 15) is 4.79 Å². The van der Waals surface area contributed by atoms with Gasteiger partial charge in [-0.05, 0) is 53.6 Å². The lowest BCUT2D eigenvalue weighted by Crippen LogP contribution is -2.19. The van der Waals surface area contributed by atoms with Crippen molar-refractivity contribution in [3.05, 3.63) is 89.5 Å². The number of hydrazone groups is 1. The second-order valence-corrected chi connectivity index (χ2v) is 9.44. The van der Waals surface area contributed by atoms with Gasteiger partial charge in [0.2, 0.25) is 6.79 Å². The van der Waals surface area contributed by atoms with Gasteiger partial charge in [-0.3, -0.25) is 4.79 Å². The average Bonchev–Trinajstić information content (AvgIpc) is 3.36. The van der Waals surface area contributed by atoms with E-state index >= 15 is 0 Å². The number of aromatic nitrogens is 1. The molecule has 2 heterocycles. The van der Waals surface area contributed by atoms with Crippen LogP contribution in [-0.2, 0) is 6.42 Å². The predicted octanol–water partition coefficient (Wildman–Crippen LogP) is 6.35. The molecule has 0 saturated carbocycles. The van der Waals surface area contributed by atoms with Crippen molar-refractivity contribution in [2.24, 2.45) is 11.0 Å². The Morgan fingerprint density at radius 1 is 1.00 bits per heavy atom. The van der Waals surface area contributed by atoms with Crippen LogP contribution in [-0.4, -0.2) is 23.9 Å². The molecule has 1 aliphatic heterocycles. The molecule has 0 radical (unpaired) electrons. The first-order valence-electron chi connectivity index (χ1n) is 12.2. The minimum Gasteiger partial charge on any atom is -0.454 e. The monoisotopic (exact) mass is 479 g/mol. The lowest BCUT2D eigenvalue weighted by Gasteiger charge is -2.11. The first-order valence-corrected chi connectivity index (χ1v) is 12.2. The molecule has 1 atom stereocenters. The van der Waals surface area contributed by atoms with Crippen LogP contribution in [0, 0.1) is 5.92 Å². The van der Waals surface area contributed by atoms with E-state index < -0.39 is 0 Å². The van der Waals surface area contributed by atoms with Gasteiger partial charge in [0.15, 0.2) is 11.5 Å². The van der Waals surface area contributed by atoms with Crippen molar-refractivity contribution < 1.29 is 14.3 Å². The Balaban J connectivity index is 1.33. The summed E-state index contributed by atoms with van der Waals surface area (Å²) < 4.78 is 10.8. The quantitative estimate of drug-likeness (QED) is 0.248. The van der Waals surface area contributed by atoms with Gasteiger partial charge in [0.05, 0.1) is 16.8 Å². The average molecular weight is 480 g/mol. The van der Waals surface area contributed by atoms with Crippen molar-refractivity contribution in [1.29, 1.82) is 0 Å². The standard InChI is InChI=1S/C30H29N3O3/c1-19(2)22-9-11-23(12-10-22)27-16-25(24-6-4-5-7-26(24)32-27)30(34)33-31-17-20(3)14-21-8-13-28-29(15-21)36-18-35-28/h4-13,15-17,19-20H,14,18H2,1-3H3,(H,33,34)/b31-17+. The number of para-hydroxylation sites is 1. The van der Waals surface area contributed by atoms with Gasteiger partial charge in [0.1, 0.15) is 0 Å². The van der Waals surface area contributed by atoms with Crippen LogP contribution in [0.25, 0.3) is 22.2 Å². The number of hydrogen-bond acceptors (Lipinski definition) is 5. The van der Waals surface area contributed by atoms with Gasteiger partial charge in [-0.25, -0.2) is 10.4 Å². The minimum atomic E-state index is -0.264. The van der Waals surface area contributed by atoms with Crippen molar-refractivity contribution in [1.82, 2.24) is 10.4 Å². The number of ether oxygens (including phenoxy) is 2.